The van der Waals surface area contributed by atoms with Gasteiger partial charge in [0.25, 0.3) is 0 Å². The molecule has 180 valence electrons. The summed E-state index contributed by atoms with van der Waals surface area (Å²) in [6.07, 6.45) is 2.06. The van der Waals surface area contributed by atoms with Crippen LogP contribution in [0.15, 0.2) is 40.1 Å². The normalized spacial score (nSPS) is 22.1. The van der Waals surface area contributed by atoms with Gasteiger partial charge in [0.1, 0.15) is 0 Å². The Balaban J connectivity index is 0.00000259. The summed E-state index contributed by atoms with van der Waals surface area (Å²) in [4.78, 5) is 3.91. The molecule has 4 N–H and O–H groups in total. The minimum atomic E-state index is -4.39. The van der Waals surface area contributed by atoms with Gasteiger partial charge in [0.15, 0.2) is 0 Å². The van der Waals surface area contributed by atoms with Crippen LogP contribution < -0.4 is 21.3 Å². The number of nitrogens with one attached hydrogen (secondary N) is 2. The Bertz CT molecular complexity index is 994. The summed E-state index contributed by atoms with van der Waals surface area (Å²) < 4.78 is 41.0. The molecule has 2 atom stereocenters. The van der Waals surface area contributed by atoms with E-state index in [0.29, 0.717) is 23.0 Å². The van der Waals surface area contributed by atoms with Crippen LogP contribution in [-0.4, -0.2) is 25.7 Å². The van der Waals surface area contributed by atoms with Crippen molar-refractivity contribution in [2.75, 3.05) is 35.2 Å². The molecule has 2 aromatic carbocycles. The van der Waals surface area contributed by atoms with Gasteiger partial charge in [-0.15, -0.1) is 12.4 Å². The third-order valence-corrected chi connectivity index (χ3v) is 7.85. The molecule has 4 nitrogen and oxygen atoms in total. The van der Waals surface area contributed by atoms with E-state index >= 15 is 0 Å². The first kappa shape index (κ1) is 24.4. The maximum atomic E-state index is 13.7. The van der Waals surface area contributed by atoms with Crippen molar-refractivity contribution in [2.24, 2.45) is 11.7 Å². The molecule has 2 aromatic rings. The van der Waals surface area contributed by atoms with Crippen LogP contribution in [0.5, 0.6) is 0 Å². The number of alkyl halides is 3. The summed E-state index contributed by atoms with van der Waals surface area (Å²) >= 11 is 1.41. The van der Waals surface area contributed by atoms with Gasteiger partial charge < -0.3 is 21.3 Å². The molecule has 0 spiro atoms. The molecule has 9 heteroatoms. The monoisotopic (exact) mass is 498 g/mol. The third-order valence-electron chi connectivity index (χ3n) is 6.75. The zero-order valence-corrected chi connectivity index (χ0v) is 20.0. The number of nitrogens with zero attached hydrogens (tertiary/aromatic N) is 1. The van der Waals surface area contributed by atoms with E-state index in [1.165, 1.54) is 36.7 Å². The zero-order chi connectivity index (χ0) is 22.3. The summed E-state index contributed by atoms with van der Waals surface area (Å²) in [6.45, 7) is 2.70. The lowest BCUT2D eigenvalue weighted by Crippen LogP contribution is -2.31. The molecule has 1 saturated heterocycles. The van der Waals surface area contributed by atoms with Gasteiger partial charge in [-0.1, -0.05) is 18.2 Å². The average Bonchev–Trinajstić information content (AvgIpc) is 3.30. The SMILES string of the molecule is Cl.NC1CCCC(CNc2cc(C(F)(F)F)cc3c2Nc2ccc(N4CCCC4)cc2S3)C1. The summed E-state index contributed by atoms with van der Waals surface area (Å²) in [5, 5.41) is 6.73. The molecule has 0 aromatic heterocycles. The minimum absolute atomic E-state index is 0. The van der Waals surface area contributed by atoms with Crippen molar-refractivity contribution in [3.8, 4) is 0 Å². The maximum absolute atomic E-state index is 13.7. The molecule has 2 heterocycles. The van der Waals surface area contributed by atoms with Crippen LogP contribution in [-0.2, 0) is 6.18 Å². The van der Waals surface area contributed by atoms with Crippen LogP contribution in [0.3, 0.4) is 0 Å². The van der Waals surface area contributed by atoms with Gasteiger partial charge in [-0.3, -0.25) is 0 Å². The lowest BCUT2D eigenvalue weighted by molar-refractivity contribution is -0.137. The topological polar surface area (TPSA) is 53.3 Å². The second kappa shape index (κ2) is 9.84. The minimum Gasteiger partial charge on any atom is -0.383 e. The highest BCUT2D eigenvalue weighted by Gasteiger charge is 2.34. The largest absolute Gasteiger partial charge is 0.416 e. The highest BCUT2D eigenvalue weighted by Crippen LogP contribution is 2.50. The third kappa shape index (κ3) is 5.33. The van der Waals surface area contributed by atoms with Gasteiger partial charge in [-0.2, -0.15) is 13.2 Å². The second-order valence-electron chi connectivity index (χ2n) is 9.17. The summed E-state index contributed by atoms with van der Waals surface area (Å²) in [6, 6.07) is 8.93. The summed E-state index contributed by atoms with van der Waals surface area (Å²) in [5.41, 5.74) is 8.79. The number of hydrogen-bond donors (Lipinski definition) is 3. The van der Waals surface area contributed by atoms with Crippen LogP contribution in [0.25, 0.3) is 0 Å². The van der Waals surface area contributed by atoms with Crippen molar-refractivity contribution in [3.05, 3.63) is 35.9 Å². The zero-order valence-electron chi connectivity index (χ0n) is 18.4. The number of hydrogen-bond acceptors (Lipinski definition) is 5. The molecule has 2 aliphatic heterocycles. The molecule has 1 aliphatic carbocycles. The Morgan fingerprint density at radius 3 is 2.58 bits per heavy atom. The molecule has 33 heavy (non-hydrogen) atoms. The Kier molecular flexibility index (Phi) is 7.26. The number of halogens is 4. The molecule has 1 saturated carbocycles. The molecule has 2 unspecified atom stereocenters. The molecule has 5 rings (SSSR count). The molecule has 0 radical (unpaired) electrons. The fourth-order valence-corrected chi connectivity index (χ4v) is 6.12. The first-order valence-electron chi connectivity index (χ1n) is 11.5. The van der Waals surface area contributed by atoms with Gasteiger partial charge in [0, 0.05) is 41.2 Å². The predicted molar refractivity (Wildman–Crippen MR) is 132 cm³/mol. The smallest absolute Gasteiger partial charge is 0.383 e. The predicted octanol–water partition coefficient (Wildman–Crippen LogP) is 6.87. The van der Waals surface area contributed by atoms with E-state index in [2.05, 4.69) is 27.7 Å². The van der Waals surface area contributed by atoms with Crippen molar-refractivity contribution < 1.29 is 13.2 Å². The van der Waals surface area contributed by atoms with E-state index in [9.17, 15) is 13.2 Å². The van der Waals surface area contributed by atoms with Crippen molar-refractivity contribution >= 4 is 46.9 Å². The van der Waals surface area contributed by atoms with Crippen LogP contribution in [0.2, 0.25) is 0 Å². The second-order valence-corrected chi connectivity index (χ2v) is 10.3. The van der Waals surface area contributed by atoms with Crippen molar-refractivity contribution in [1.82, 2.24) is 0 Å². The van der Waals surface area contributed by atoms with Crippen molar-refractivity contribution in [1.29, 1.82) is 0 Å². The molecular weight excluding hydrogens is 469 g/mol. The molecule has 3 aliphatic rings. The number of rotatable bonds is 4. The quantitative estimate of drug-likeness (QED) is 0.366. The van der Waals surface area contributed by atoms with E-state index in [1.54, 1.807) is 0 Å². The van der Waals surface area contributed by atoms with Crippen LogP contribution in [0.4, 0.5) is 35.9 Å². The van der Waals surface area contributed by atoms with Gasteiger partial charge in [-0.05, 0) is 68.4 Å². The van der Waals surface area contributed by atoms with E-state index in [1.807, 2.05) is 6.07 Å². The Morgan fingerprint density at radius 1 is 1.06 bits per heavy atom. The lowest BCUT2D eigenvalue weighted by atomic mass is 9.86. The van der Waals surface area contributed by atoms with Crippen molar-refractivity contribution in [3.63, 3.8) is 0 Å². The average molecular weight is 499 g/mol. The van der Waals surface area contributed by atoms with Gasteiger partial charge in [-0.25, -0.2) is 0 Å². The fraction of sp³-hybridized carbons (Fsp3) is 0.500. The summed E-state index contributed by atoms with van der Waals surface area (Å²) in [7, 11) is 0. The van der Waals surface area contributed by atoms with Gasteiger partial charge >= 0.3 is 6.18 Å². The Labute approximate surface area is 203 Å². The molecule has 2 fully saturated rings. The van der Waals surface area contributed by atoms with E-state index in [4.69, 9.17) is 5.73 Å². The van der Waals surface area contributed by atoms with Gasteiger partial charge in [0.05, 0.1) is 22.6 Å². The number of benzene rings is 2. The van der Waals surface area contributed by atoms with Crippen molar-refractivity contribution in [2.45, 2.75) is 60.5 Å². The van der Waals surface area contributed by atoms with E-state index < -0.39 is 11.7 Å². The molecular formula is C24H30ClF3N4S. The fourth-order valence-electron chi connectivity index (χ4n) is 5.02. The summed E-state index contributed by atoms with van der Waals surface area (Å²) in [5.74, 6) is 0.385. The Hall–Kier alpha value is -1.77. The lowest BCUT2D eigenvalue weighted by Gasteiger charge is -2.29. The van der Waals surface area contributed by atoms with E-state index in [0.717, 1.165) is 60.7 Å². The Morgan fingerprint density at radius 2 is 1.85 bits per heavy atom. The highest BCUT2D eigenvalue weighted by molar-refractivity contribution is 7.99. The van der Waals surface area contributed by atoms with Crippen LogP contribution >= 0.6 is 24.2 Å². The van der Waals surface area contributed by atoms with Crippen LogP contribution in [0.1, 0.15) is 44.1 Å². The standard InChI is InChI=1S/C24H29F3N4S.ClH/c25-24(26,27)16-11-20(29-14-15-4-3-5-17(28)10-15)23-22(12-16)32-21-13-18(6-7-19(21)30-23)31-8-1-2-9-31;/h6-7,11-13,15,17,29-30H,1-5,8-10,14,28H2;1H. The molecule has 0 amide bonds. The highest BCUT2D eigenvalue weighted by atomic mass is 35.5. The maximum Gasteiger partial charge on any atom is 0.416 e. The number of fused-ring (bicyclic) bond motifs is 2. The van der Waals surface area contributed by atoms with E-state index in [-0.39, 0.29) is 18.4 Å². The first-order valence-corrected chi connectivity index (χ1v) is 12.3. The van der Waals surface area contributed by atoms with Crippen LogP contribution in [0, 0.1) is 5.92 Å². The first-order chi connectivity index (χ1) is 15.4. The number of anilines is 4. The molecule has 0 bridgehead atoms. The number of nitrogens with two attached hydrogens (primary N) is 1. The van der Waals surface area contributed by atoms with Gasteiger partial charge in [0.2, 0.25) is 0 Å².